The van der Waals surface area contributed by atoms with Crippen molar-refractivity contribution < 1.29 is 0 Å². The molecule has 2 aromatic heterocycles. The van der Waals surface area contributed by atoms with E-state index < -0.39 is 5.41 Å². The lowest BCUT2D eigenvalue weighted by molar-refractivity contribution is 0.564. The molecule has 0 amide bonds. The fourth-order valence-electron chi connectivity index (χ4n) is 10.4. The molecule has 2 heterocycles. The first-order valence-corrected chi connectivity index (χ1v) is 20.4. The third kappa shape index (κ3) is 4.69. The molecule has 0 N–H and O–H groups in total. The molecule has 2 aliphatic carbocycles. The Labute approximate surface area is 343 Å². The van der Waals surface area contributed by atoms with Gasteiger partial charge < -0.3 is 4.57 Å². The Balaban J connectivity index is 1.18. The fraction of sp³-hybridized carbons (Fsp3) is 0.0727. The van der Waals surface area contributed by atoms with Crippen molar-refractivity contribution in [1.29, 1.82) is 0 Å². The molecule has 0 unspecified atom stereocenters. The quantitative estimate of drug-likeness (QED) is 0.180. The van der Waals surface area contributed by atoms with Gasteiger partial charge in [0.1, 0.15) is 0 Å². The van der Waals surface area contributed by atoms with Gasteiger partial charge in [0.2, 0.25) is 0 Å². The van der Waals surface area contributed by atoms with Crippen LogP contribution < -0.4 is 0 Å². The second kappa shape index (κ2) is 12.5. The van der Waals surface area contributed by atoms with E-state index >= 15 is 0 Å². The summed E-state index contributed by atoms with van der Waals surface area (Å²) in [4.78, 5) is 15.2. The van der Waals surface area contributed by atoms with E-state index in [1.165, 1.54) is 60.8 Å². The zero-order valence-electron chi connectivity index (χ0n) is 32.8. The van der Waals surface area contributed by atoms with E-state index in [0.717, 1.165) is 27.9 Å². The molecule has 0 bridgehead atoms. The molecule has 0 saturated carbocycles. The Bertz CT molecular complexity index is 3200. The molecule has 0 fully saturated rings. The summed E-state index contributed by atoms with van der Waals surface area (Å²) in [6.07, 6.45) is 0. The molecule has 8 aromatic carbocycles. The van der Waals surface area contributed by atoms with Crippen LogP contribution in [0, 0.1) is 0 Å². The molecule has 4 heteroatoms. The van der Waals surface area contributed by atoms with Gasteiger partial charge >= 0.3 is 0 Å². The minimum absolute atomic E-state index is 0.188. The van der Waals surface area contributed by atoms with Crippen LogP contribution in [0.25, 0.3) is 72.8 Å². The van der Waals surface area contributed by atoms with Gasteiger partial charge in [-0.05, 0) is 57.1 Å². The molecular formula is C55H38N4. The van der Waals surface area contributed by atoms with Crippen molar-refractivity contribution in [3.63, 3.8) is 0 Å². The predicted molar refractivity (Wildman–Crippen MR) is 240 cm³/mol. The number of aromatic nitrogens is 4. The van der Waals surface area contributed by atoms with E-state index in [1.54, 1.807) is 0 Å². The van der Waals surface area contributed by atoms with Crippen molar-refractivity contribution in [3.8, 4) is 51.0 Å². The van der Waals surface area contributed by atoms with Crippen LogP contribution in [0.5, 0.6) is 0 Å². The third-order valence-electron chi connectivity index (χ3n) is 12.9. The summed E-state index contributed by atoms with van der Waals surface area (Å²) in [7, 11) is 0. The zero-order chi connectivity index (χ0) is 39.3. The van der Waals surface area contributed by atoms with E-state index in [4.69, 9.17) is 15.0 Å². The van der Waals surface area contributed by atoms with Crippen molar-refractivity contribution in [2.24, 2.45) is 0 Å². The van der Waals surface area contributed by atoms with Gasteiger partial charge in [-0.3, -0.25) is 0 Å². The second-order valence-electron chi connectivity index (χ2n) is 16.3. The Morgan fingerprint density at radius 3 is 1.54 bits per heavy atom. The first kappa shape index (κ1) is 33.7. The van der Waals surface area contributed by atoms with Crippen molar-refractivity contribution in [1.82, 2.24) is 19.5 Å². The molecule has 2 aliphatic rings. The molecule has 59 heavy (non-hydrogen) atoms. The maximum atomic E-state index is 5.13. The van der Waals surface area contributed by atoms with E-state index in [2.05, 4.69) is 176 Å². The van der Waals surface area contributed by atoms with Gasteiger partial charge in [0, 0.05) is 44.1 Å². The SMILES string of the molecule is CC1(C)c2ccccc2C2(c3ccccc3-c3ccc4c5ccccc5n(-c5cccc(-c6nc(-c7ccccc7)nc(-c7ccccc7)n6)c5)c4c32)c2ccccc21. The molecule has 1 spiro atoms. The van der Waals surface area contributed by atoms with E-state index in [-0.39, 0.29) is 5.41 Å². The van der Waals surface area contributed by atoms with Crippen LogP contribution in [0.2, 0.25) is 0 Å². The maximum absolute atomic E-state index is 5.13. The third-order valence-corrected chi connectivity index (χ3v) is 12.9. The Morgan fingerprint density at radius 2 is 0.898 bits per heavy atom. The molecule has 10 aromatic rings. The Kier molecular flexibility index (Phi) is 7.16. The minimum atomic E-state index is -0.554. The first-order chi connectivity index (χ1) is 29.0. The van der Waals surface area contributed by atoms with Crippen LogP contribution in [-0.4, -0.2) is 19.5 Å². The van der Waals surface area contributed by atoms with Crippen LogP contribution in [0.3, 0.4) is 0 Å². The topological polar surface area (TPSA) is 43.6 Å². The number of para-hydroxylation sites is 1. The molecule has 0 saturated heterocycles. The highest BCUT2D eigenvalue weighted by Gasteiger charge is 2.54. The summed E-state index contributed by atoms with van der Waals surface area (Å²) < 4.78 is 2.50. The molecule has 278 valence electrons. The summed E-state index contributed by atoms with van der Waals surface area (Å²) in [6, 6.07) is 70.2. The monoisotopic (exact) mass is 754 g/mol. The zero-order valence-corrected chi connectivity index (χ0v) is 32.8. The van der Waals surface area contributed by atoms with Gasteiger partial charge in [-0.1, -0.05) is 190 Å². The lowest BCUT2D eigenvalue weighted by Gasteiger charge is -2.46. The number of hydrogen-bond acceptors (Lipinski definition) is 3. The lowest BCUT2D eigenvalue weighted by atomic mass is 9.55. The number of rotatable bonds is 4. The number of hydrogen-bond donors (Lipinski definition) is 0. The van der Waals surface area contributed by atoms with E-state index in [1.807, 2.05) is 36.4 Å². The first-order valence-electron chi connectivity index (χ1n) is 20.4. The van der Waals surface area contributed by atoms with Gasteiger partial charge in [0.15, 0.2) is 17.5 Å². The van der Waals surface area contributed by atoms with Gasteiger partial charge in [-0.2, -0.15) is 0 Å². The smallest absolute Gasteiger partial charge is 0.164 e. The minimum Gasteiger partial charge on any atom is -0.309 e. The Morgan fingerprint density at radius 1 is 0.390 bits per heavy atom. The average Bonchev–Trinajstić information content (AvgIpc) is 3.80. The maximum Gasteiger partial charge on any atom is 0.164 e. The predicted octanol–water partition coefficient (Wildman–Crippen LogP) is 13.0. The van der Waals surface area contributed by atoms with Crippen LogP contribution in [-0.2, 0) is 10.8 Å². The standard InChI is InChI=1S/C55H38N4/c1-54(2)44-27-12-14-29-46(44)55(47-30-15-13-28-45(47)54)43-26-11-9-24-39(43)41-32-33-42-40-25-10-16-31-48(40)59(50(42)49(41)55)38-23-17-22-37(34-38)53-57-51(35-18-5-3-6-19-35)56-52(58-53)36-20-7-4-8-21-36/h3-34H,1-2H3. The van der Waals surface area contributed by atoms with E-state index in [0.29, 0.717) is 17.5 Å². The summed E-state index contributed by atoms with van der Waals surface area (Å²) in [5, 5.41) is 2.45. The largest absolute Gasteiger partial charge is 0.309 e. The molecule has 12 rings (SSSR count). The second-order valence-corrected chi connectivity index (χ2v) is 16.3. The summed E-state index contributed by atoms with van der Waals surface area (Å²) in [5.74, 6) is 1.92. The summed E-state index contributed by atoms with van der Waals surface area (Å²) in [6.45, 7) is 4.77. The number of benzene rings is 8. The van der Waals surface area contributed by atoms with Crippen LogP contribution in [0.4, 0.5) is 0 Å². The molecule has 0 atom stereocenters. The van der Waals surface area contributed by atoms with Gasteiger partial charge in [-0.25, -0.2) is 15.0 Å². The molecule has 0 aliphatic heterocycles. The van der Waals surface area contributed by atoms with Crippen LogP contribution in [0.15, 0.2) is 194 Å². The van der Waals surface area contributed by atoms with Crippen molar-refractivity contribution >= 4 is 21.8 Å². The Hall–Kier alpha value is -7.43. The number of fused-ring (bicyclic) bond motifs is 13. The summed E-state index contributed by atoms with van der Waals surface area (Å²) >= 11 is 0. The molecular weight excluding hydrogens is 717 g/mol. The highest BCUT2D eigenvalue weighted by molar-refractivity contribution is 6.14. The average molecular weight is 755 g/mol. The van der Waals surface area contributed by atoms with Crippen LogP contribution in [0.1, 0.15) is 47.2 Å². The van der Waals surface area contributed by atoms with E-state index in [9.17, 15) is 0 Å². The normalized spacial score (nSPS) is 14.2. The molecule has 4 nitrogen and oxygen atoms in total. The van der Waals surface area contributed by atoms with Crippen molar-refractivity contribution in [2.75, 3.05) is 0 Å². The summed E-state index contributed by atoms with van der Waals surface area (Å²) in [5.41, 5.74) is 16.1. The van der Waals surface area contributed by atoms with Gasteiger partial charge in [0.05, 0.1) is 16.4 Å². The van der Waals surface area contributed by atoms with Gasteiger partial charge in [0.25, 0.3) is 0 Å². The van der Waals surface area contributed by atoms with Gasteiger partial charge in [-0.15, -0.1) is 0 Å². The van der Waals surface area contributed by atoms with Crippen molar-refractivity contribution in [3.05, 3.63) is 228 Å². The molecule has 0 radical (unpaired) electrons. The fourth-order valence-corrected chi connectivity index (χ4v) is 10.4. The lowest BCUT2D eigenvalue weighted by Crippen LogP contribution is -2.40. The van der Waals surface area contributed by atoms with Crippen molar-refractivity contribution in [2.45, 2.75) is 24.7 Å². The highest BCUT2D eigenvalue weighted by Crippen LogP contribution is 2.64. The van der Waals surface area contributed by atoms with Crippen LogP contribution >= 0.6 is 0 Å². The highest BCUT2D eigenvalue weighted by atomic mass is 15.0. The number of nitrogens with zero attached hydrogens (tertiary/aromatic N) is 4.